The van der Waals surface area contributed by atoms with Gasteiger partial charge in [0.1, 0.15) is 6.04 Å². The Kier molecular flexibility index (Phi) is 7.59. The fourth-order valence-electron chi connectivity index (χ4n) is 1.44. The Morgan fingerprint density at radius 3 is 2.90 bits per heavy atom. The fraction of sp³-hybridized carbons (Fsp3) is 0.750. The molecule has 0 radical (unpaired) electrons. The lowest BCUT2D eigenvalue weighted by Crippen LogP contribution is -2.39. The normalized spacial score (nSPS) is 12.2. The number of rotatable bonds is 10. The minimum absolute atomic E-state index is 0.147. The van der Waals surface area contributed by atoms with Gasteiger partial charge in [-0.1, -0.05) is 12.0 Å². The number of ether oxygens (including phenoxy) is 1. The molecule has 1 aromatic heterocycles. The molecule has 1 amide bonds. The summed E-state index contributed by atoms with van der Waals surface area (Å²) >= 11 is 0. The van der Waals surface area contributed by atoms with Crippen LogP contribution in [0.1, 0.15) is 26.2 Å². The molecule has 0 spiro atoms. The summed E-state index contributed by atoms with van der Waals surface area (Å²) in [6.07, 6.45) is 1.04. The van der Waals surface area contributed by atoms with Gasteiger partial charge in [0.25, 0.3) is 0 Å². The highest BCUT2D eigenvalue weighted by atomic mass is 16.5. The zero-order valence-electron chi connectivity index (χ0n) is 12.2. The van der Waals surface area contributed by atoms with Crippen molar-refractivity contribution in [1.29, 1.82) is 0 Å². The molecule has 1 aromatic rings. The minimum atomic E-state index is -0.455. The zero-order valence-corrected chi connectivity index (χ0v) is 12.2. The van der Waals surface area contributed by atoms with Gasteiger partial charge in [-0.05, 0) is 19.9 Å². The smallest absolute Gasteiger partial charge is 0.316 e. The highest BCUT2D eigenvalue weighted by molar-refractivity contribution is 5.83. The first-order valence-corrected chi connectivity index (χ1v) is 6.73. The fourth-order valence-corrected chi connectivity index (χ4v) is 1.44. The first kappa shape index (κ1) is 16.4. The van der Waals surface area contributed by atoms with Gasteiger partial charge in [-0.2, -0.15) is 0 Å². The molecule has 1 rings (SSSR count). The zero-order chi connectivity index (χ0) is 14.8. The van der Waals surface area contributed by atoms with E-state index in [1.165, 1.54) is 0 Å². The van der Waals surface area contributed by atoms with Gasteiger partial charge in [-0.25, -0.2) is 0 Å². The number of hydrogen-bond donors (Lipinski definition) is 3. The lowest BCUT2D eigenvalue weighted by molar-refractivity contribution is -0.121. The Labute approximate surface area is 118 Å². The van der Waals surface area contributed by atoms with Gasteiger partial charge in [0, 0.05) is 13.7 Å². The Bertz CT molecular complexity index is 396. The van der Waals surface area contributed by atoms with Crippen molar-refractivity contribution in [3.8, 4) is 0 Å². The van der Waals surface area contributed by atoms with Crippen molar-refractivity contribution in [3.05, 3.63) is 5.89 Å². The first-order chi connectivity index (χ1) is 9.67. The van der Waals surface area contributed by atoms with Crippen LogP contribution in [0, 0.1) is 0 Å². The summed E-state index contributed by atoms with van der Waals surface area (Å²) in [6.45, 7) is 6.17. The van der Waals surface area contributed by atoms with E-state index in [1.807, 2.05) is 0 Å². The van der Waals surface area contributed by atoms with Crippen LogP contribution >= 0.6 is 0 Å². The van der Waals surface area contributed by atoms with Crippen molar-refractivity contribution in [2.75, 3.05) is 32.1 Å². The Balaban J connectivity index is 2.34. The minimum Gasteiger partial charge on any atom is -0.407 e. The van der Waals surface area contributed by atoms with Crippen molar-refractivity contribution in [2.45, 2.75) is 32.9 Å². The first-order valence-electron chi connectivity index (χ1n) is 6.73. The Morgan fingerprint density at radius 2 is 2.20 bits per heavy atom. The second-order valence-electron chi connectivity index (χ2n) is 4.33. The Hall–Kier alpha value is -1.67. The third-order valence-corrected chi connectivity index (χ3v) is 2.51. The maximum atomic E-state index is 11.7. The molecule has 1 atom stereocenters. The van der Waals surface area contributed by atoms with Crippen LogP contribution in [0.2, 0.25) is 0 Å². The number of hydrogen-bond acceptors (Lipinski definition) is 7. The lowest BCUT2D eigenvalue weighted by atomic mass is 10.3. The van der Waals surface area contributed by atoms with Gasteiger partial charge < -0.3 is 25.1 Å². The van der Waals surface area contributed by atoms with Crippen molar-refractivity contribution in [2.24, 2.45) is 0 Å². The van der Waals surface area contributed by atoms with Gasteiger partial charge in [-0.15, -0.1) is 5.10 Å². The lowest BCUT2D eigenvalue weighted by Gasteiger charge is -2.11. The SMILES string of the molecule is CCCNCc1nnc(NC(C)C(=O)NCCOC)o1. The molecular formula is C12H23N5O3. The van der Waals surface area contributed by atoms with E-state index in [4.69, 9.17) is 9.15 Å². The second-order valence-corrected chi connectivity index (χ2v) is 4.33. The van der Waals surface area contributed by atoms with Gasteiger partial charge in [0.05, 0.1) is 13.2 Å². The van der Waals surface area contributed by atoms with Gasteiger partial charge in [0.15, 0.2) is 0 Å². The molecule has 0 bridgehead atoms. The molecule has 0 fully saturated rings. The van der Waals surface area contributed by atoms with Gasteiger partial charge in [-0.3, -0.25) is 4.79 Å². The highest BCUT2D eigenvalue weighted by Crippen LogP contribution is 2.06. The van der Waals surface area contributed by atoms with E-state index >= 15 is 0 Å². The topological polar surface area (TPSA) is 101 Å². The summed E-state index contributed by atoms with van der Waals surface area (Å²) in [7, 11) is 1.58. The van der Waals surface area contributed by atoms with Crippen molar-refractivity contribution >= 4 is 11.9 Å². The second kappa shape index (κ2) is 9.27. The van der Waals surface area contributed by atoms with Gasteiger partial charge >= 0.3 is 6.01 Å². The molecule has 20 heavy (non-hydrogen) atoms. The maximum Gasteiger partial charge on any atom is 0.316 e. The number of anilines is 1. The summed E-state index contributed by atoms with van der Waals surface area (Å²) in [5.41, 5.74) is 0. The Morgan fingerprint density at radius 1 is 1.40 bits per heavy atom. The number of carbonyl (C=O) groups is 1. The van der Waals surface area contributed by atoms with Crippen LogP contribution in [-0.4, -0.2) is 49.0 Å². The number of amides is 1. The number of methoxy groups -OCH3 is 1. The summed E-state index contributed by atoms with van der Waals surface area (Å²) < 4.78 is 10.2. The number of nitrogens with one attached hydrogen (secondary N) is 3. The molecule has 1 unspecified atom stereocenters. The van der Waals surface area contributed by atoms with E-state index in [1.54, 1.807) is 14.0 Å². The summed E-state index contributed by atoms with van der Waals surface area (Å²) in [5.74, 6) is 0.346. The van der Waals surface area contributed by atoms with E-state index in [0.29, 0.717) is 25.6 Å². The number of carbonyl (C=O) groups excluding carboxylic acids is 1. The summed E-state index contributed by atoms with van der Waals surface area (Å²) in [4.78, 5) is 11.7. The molecule has 3 N–H and O–H groups in total. The molecule has 0 aliphatic heterocycles. The third kappa shape index (κ3) is 5.98. The van der Waals surface area contributed by atoms with Crippen LogP contribution in [0.5, 0.6) is 0 Å². The van der Waals surface area contributed by atoms with Crippen LogP contribution in [-0.2, 0) is 16.1 Å². The van der Waals surface area contributed by atoms with Crippen LogP contribution in [0.25, 0.3) is 0 Å². The van der Waals surface area contributed by atoms with E-state index < -0.39 is 6.04 Å². The quantitative estimate of drug-likeness (QED) is 0.525. The van der Waals surface area contributed by atoms with Crippen LogP contribution in [0.15, 0.2) is 4.42 Å². The van der Waals surface area contributed by atoms with Crippen LogP contribution in [0.3, 0.4) is 0 Å². The van der Waals surface area contributed by atoms with E-state index in [-0.39, 0.29) is 11.9 Å². The largest absolute Gasteiger partial charge is 0.407 e. The number of nitrogens with zero attached hydrogens (tertiary/aromatic N) is 2. The summed E-state index contributed by atoms with van der Waals surface area (Å²) in [5, 5.41) is 16.5. The average Bonchev–Trinajstić information content (AvgIpc) is 2.86. The molecule has 0 saturated heterocycles. The average molecular weight is 285 g/mol. The monoisotopic (exact) mass is 285 g/mol. The summed E-state index contributed by atoms with van der Waals surface area (Å²) in [6, 6.07) is -0.212. The molecule has 0 aliphatic rings. The number of aromatic nitrogens is 2. The van der Waals surface area contributed by atoms with Crippen molar-refractivity contribution in [1.82, 2.24) is 20.8 Å². The molecule has 8 heteroatoms. The predicted octanol–water partition coefficient (Wildman–Crippen LogP) is 0.132. The van der Waals surface area contributed by atoms with Gasteiger partial charge in [0.2, 0.25) is 11.8 Å². The predicted molar refractivity (Wildman–Crippen MR) is 74.3 cm³/mol. The molecule has 0 saturated carbocycles. The van der Waals surface area contributed by atoms with Crippen LogP contribution in [0.4, 0.5) is 6.01 Å². The van der Waals surface area contributed by atoms with E-state index in [2.05, 4.69) is 33.1 Å². The van der Waals surface area contributed by atoms with Crippen molar-refractivity contribution < 1.29 is 13.9 Å². The third-order valence-electron chi connectivity index (χ3n) is 2.51. The molecule has 114 valence electrons. The van der Waals surface area contributed by atoms with E-state index in [9.17, 15) is 4.79 Å². The highest BCUT2D eigenvalue weighted by Gasteiger charge is 2.15. The van der Waals surface area contributed by atoms with Crippen LogP contribution < -0.4 is 16.0 Å². The molecular weight excluding hydrogens is 262 g/mol. The molecule has 0 aromatic carbocycles. The van der Waals surface area contributed by atoms with Crippen molar-refractivity contribution in [3.63, 3.8) is 0 Å². The van der Waals surface area contributed by atoms with E-state index in [0.717, 1.165) is 13.0 Å². The maximum absolute atomic E-state index is 11.7. The molecule has 8 nitrogen and oxygen atoms in total. The molecule has 0 aliphatic carbocycles. The molecule has 1 heterocycles. The standard InChI is InChI=1S/C12H23N5O3/c1-4-5-13-8-10-16-17-12(20-10)15-9(2)11(18)14-6-7-19-3/h9,13H,4-8H2,1-3H3,(H,14,18)(H,15,17).